The Morgan fingerprint density at radius 2 is 2.00 bits per heavy atom. The number of carbonyl (C=O) groups excluding carboxylic acids is 1. The van der Waals surface area contributed by atoms with Crippen molar-refractivity contribution in [3.05, 3.63) is 35.9 Å². The molecule has 0 saturated heterocycles. The highest BCUT2D eigenvalue weighted by Crippen LogP contribution is 2.15. The number of amides is 1. The first kappa shape index (κ1) is 14.6. The Bertz CT molecular complexity index is 406. The second-order valence-corrected chi connectivity index (χ2v) is 4.86. The van der Waals surface area contributed by atoms with Gasteiger partial charge in [-0.1, -0.05) is 55.9 Å². The van der Waals surface area contributed by atoms with Gasteiger partial charge in [0.15, 0.2) is 0 Å². The lowest BCUT2D eigenvalue weighted by molar-refractivity contribution is -0.122. The van der Waals surface area contributed by atoms with Crippen LogP contribution in [0.15, 0.2) is 30.3 Å². The van der Waals surface area contributed by atoms with Crippen LogP contribution in [0.3, 0.4) is 0 Å². The van der Waals surface area contributed by atoms with E-state index in [9.17, 15) is 4.79 Å². The summed E-state index contributed by atoms with van der Waals surface area (Å²) in [5.41, 5.74) is 6.62. The predicted octanol–water partition coefficient (Wildman–Crippen LogP) is 2.36. The van der Waals surface area contributed by atoms with E-state index in [1.54, 1.807) is 0 Å². The van der Waals surface area contributed by atoms with Gasteiger partial charge in [0.2, 0.25) is 5.91 Å². The van der Waals surface area contributed by atoms with Gasteiger partial charge in [0.25, 0.3) is 0 Å². The summed E-state index contributed by atoms with van der Waals surface area (Å²) in [5, 5.41) is 2.91. The second-order valence-electron chi connectivity index (χ2n) is 4.38. The van der Waals surface area contributed by atoms with Gasteiger partial charge >= 0.3 is 0 Å². The standard InChI is InChI=1S/C14H20N2OS/c1-3-7-12(13(15)18)16-14(17)10(2)11-8-5-4-6-9-11/h4-6,8-10,12H,3,7H2,1-2H3,(H2,15,18)(H,16,17). The zero-order valence-electron chi connectivity index (χ0n) is 10.8. The lowest BCUT2D eigenvalue weighted by Crippen LogP contribution is -2.44. The molecule has 2 atom stereocenters. The van der Waals surface area contributed by atoms with E-state index in [1.807, 2.05) is 44.2 Å². The Labute approximate surface area is 114 Å². The lowest BCUT2D eigenvalue weighted by Gasteiger charge is -2.19. The van der Waals surface area contributed by atoms with Crippen LogP contribution >= 0.6 is 12.2 Å². The molecule has 2 unspecified atom stereocenters. The minimum Gasteiger partial charge on any atom is -0.392 e. The maximum atomic E-state index is 12.1. The number of nitrogens with two attached hydrogens (primary N) is 1. The zero-order chi connectivity index (χ0) is 13.5. The number of nitrogens with one attached hydrogen (secondary N) is 1. The topological polar surface area (TPSA) is 55.1 Å². The Balaban J connectivity index is 2.67. The highest BCUT2D eigenvalue weighted by Gasteiger charge is 2.19. The Kier molecular flexibility index (Phi) is 5.78. The SMILES string of the molecule is CCCC(NC(=O)C(C)c1ccccc1)C(N)=S. The van der Waals surface area contributed by atoms with E-state index in [-0.39, 0.29) is 17.9 Å². The van der Waals surface area contributed by atoms with Gasteiger partial charge in [-0.05, 0) is 18.9 Å². The van der Waals surface area contributed by atoms with Crippen LogP contribution < -0.4 is 11.1 Å². The molecule has 0 fully saturated rings. The number of thiocarbonyl (C=S) groups is 1. The molecule has 0 aliphatic heterocycles. The average molecular weight is 264 g/mol. The fraction of sp³-hybridized carbons (Fsp3) is 0.429. The number of rotatable bonds is 6. The van der Waals surface area contributed by atoms with Gasteiger partial charge in [0, 0.05) is 0 Å². The first-order valence-corrected chi connectivity index (χ1v) is 6.61. The molecule has 1 aromatic rings. The third-order valence-electron chi connectivity index (χ3n) is 2.93. The van der Waals surface area contributed by atoms with E-state index in [2.05, 4.69) is 5.32 Å². The van der Waals surface area contributed by atoms with E-state index < -0.39 is 0 Å². The highest BCUT2D eigenvalue weighted by molar-refractivity contribution is 7.80. The van der Waals surface area contributed by atoms with Gasteiger partial charge in [-0.15, -0.1) is 0 Å². The number of hydrogen-bond donors (Lipinski definition) is 2. The van der Waals surface area contributed by atoms with Crippen LogP contribution in [0.5, 0.6) is 0 Å². The molecule has 18 heavy (non-hydrogen) atoms. The van der Waals surface area contributed by atoms with Crippen molar-refractivity contribution in [2.75, 3.05) is 0 Å². The summed E-state index contributed by atoms with van der Waals surface area (Å²) in [5.74, 6) is -0.229. The van der Waals surface area contributed by atoms with Gasteiger partial charge in [-0.25, -0.2) is 0 Å². The summed E-state index contributed by atoms with van der Waals surface area (Å²) >= 11 is 4.97. The molecule has 1 rings (SSSR count). The molecule has 0 heterocycles. The van der Waals surface area contributed by atoms with Gasteiger partial charge in [-0.2, -0.15) is 0 Å². The summed E-state index contributed by atoms with van der Waals surface area (Å²) in [6, 6.07) is 9.47. The van der Waals surface area contributed by atoms with E-state index in [1.165, 1.54) is 0 Å². The molecular weight excluding hydrogens is 244 g/mol. The van der Waals surface area contributed by atoms with Crippen LogP contribution in [0, 0.1) is 0 Å². The summed E-state index contributed by atoms with van der Waals surface area (Å²) in [7, 11) is 0. The van der Waals surface area contributed by atoms with Crippen LogP contribution in [0.4, 0.5) is 0 Å². The first-order valence-electron chi connectivity index (χ1n) is 6.21. The summed E-state index contributed by atoms with van der Waals surface area (Å²) in [4.78, 5) is 12.5. The van der Waals surface area contributed by atoms with E-state index in [0.29, 0.717) is 4.99 Å². The van der Waals surface area contributed by atoms with E-state index >= 15 is 0 Å². The van der Waals surface area contributed by atoms with Crippen LogP contribution in [0.2, 0.25) is 0 Å². The van der Waals surface area contributed by atoms with Gasteiger partial charge in [0.05, 0.1) is 16.9 Å². The molecule has 3 nitrogen and oxygen atoms in total. The number of hydrogen-bond acceptors (Lipinski definition) is 2. The van der Waals surface area contributed by atoms with Crippen molar-refractivity contribution in [3.63, 3.8) is 0 Å². The smallest absolute Gasteiger partial charge is 0.227 e. The molecule has 0 radical (unpaired) electrons. The molecule has 1 amide bonds. The summed E-state index contributed by atoms with van der Waals surface area (Å²) in [6.45, 7) is 3.92. The van der Waals surface area contributed by atoms with Crippen molar-refractivity contribution in [3.8, 4) is 0 Å². The van der Waals surface area contributed by atoms with E-state index in [0.717, 1.165) is 18.4 Å². The monoisotopic (exact) mass is 264 g/mol. The fourth-order valence-electron chi connectivity index (χ4n) is 1.76. The first-order chi connectivity index (χ1) is 8.56. The molecule has 4 heteroatoms. The number of benzene rings is 1. The molecule has 3 N–H and O–H groups in total. The third-order valence-corrected chi connectivity index (χ3v) is 3.21. The minimum atomic E-state index is -0.205. The van der Waals surface area contributed by atoms with Crippen molar-refractivity contribution in [2.45, 2.75) is 38.6 Å². The fourth-order valence-corrected chi connectivity index (χ4v) is 1.94. The lowest BCUT2D eigenvalue weighted by atomic mass is 10.00. The highest BCUT2D eigenvalue weighted by atomic mass is 32.1. The molecule has 0 aliphatic carbocycles. The van der Waals surface area contributed by atoms with Crippen molar-refractivity contribution in [2.24, 2.45) is 5.73 Å². The molecule has 0 aliphatic rings. The van der Waals surface area contributed by atoms with Crippen molar-refractivity contribution in [1.82, 2.24) is 5.32 Å². The number of carbonyl (C=O) groups is 1. The average Bonchev–Trinajstić information content (AvgIpc) is 2.38. The van der Waals surface area contributed by atoms with Gasteiger partial charge < -0.3 is 11.1 Å². The van der Waals surface area contributed by atoms with Gasteiger partial charge in [0.1, 0.15) is 0 Å². The van der Waals surface area contributed by atoms with Crippen LogP contribution in [-0.2, 0) is 4.79 Å². The zero-order valence-corrected chi connectivity index (χ0v) is 11.7. The molecule has 0 saturated carbocycles. The minimum absolute atomic E-state index is 0.0348. The third kappa shape index (κ3) is 4.11. The molecule has 1 aromatic carbocycles. The molecule has 0 bridgehead atoms. The second kappa shape index (κ2) is 7.11. The maximum absolute atomic E-state index is 12.1. The molecular formula is C14H20N2OS. The normalized spacial score (nSPS) is 13.7. The molecule has 0 spiro atoms. The van der Waals surface area contributed by atoms with Crippen LogP contribution in [0.25, 0.3) is 0 Å². The van der Waals surface area contributed by atoms with Crippen molar-refractivity contribution >= 4 is 23.1 Å². The Morgan fingerprint density at radius 1 is 1.39 bits per heavy atom. The van der Waals surface area contributed by atoms with Crippen molar-refractivity contribution in [1.29, 1.82) is 0 Å². The molecule has 0 aromatic heterocycles. The Hall–Kier alpha value is -1.42. The largest absolute Gasteiger partial charge is 0.392 e. The van der Waals surface area contributed by atoms with Gasteiger partial charge in [-0.3, -0.25) is 4.79 Å². The maximum Gasteiger partial charge on any atom is 0.227 e. The van der Waals surface area contributed by atoms with E-state index in [4.69, 9.17) is 18.0 Å². The summed E-state index contributed by atoms with van der Waals surface area (Å²) < 4.78 is 0. The van der Waals surface area contributed by atoms with Crippen LogP contribution in [0.1, 0.15) is 38.2 Å². The molecule has 98 valence electrons. The quantitative estimate of drug-likeness (QED) is 0.776. The predicted molar refractivity (Wildman–Crippen MR) is 78.5 cm³/mol. The van der Waals surface area contributed by atoms with Crippen LogP contribution in [-0.4, -0.2) is 16.9 Å². The van der Waals surface area contributed by atoms with Crippen molar-refractivity contribution < 1.29 is 4.79 Å². The Morgan fingerprint density at radius 3 is 2.50 bits per heavy atom. The summed E-state index contributed by atoms with van der Waals surface area (Å²) in [6.07, 6.45) is 1.71.